The Bertz CT molecular complexity index is 524. The summed E-state index contributed by atoms with van der Waals surface area (Å²) in [5.41, 5.74) is 1.13. The normalized spacial score (nSPS) is 12.4. The molecule has 1 rings (SSSR count). The molecular formula is C21H38IN3O2. The molecule has 0 heterocycles. The van der Waals surface area contributed by atoms with Crippen molar-refractivity contribution in [1.29, 1.82) is 0 Å². The number of aliphatic hydroxyl groups is 1. The van der Waals surface area contributed by atoms with Crippen LogP contribution in [0.25, 0.3) is 0 Å². The van der Waals surface area contributed by atoms with Crippen LogP contribution in [0, 0.1) is 11.8 Å². The van der Waals surface area contributed by atoms with Crippen LogP contribution in [0.4, 0.5) is 0 Å². The van der Waals surface area contributed by atoms with Crippen molar-refractivity contribution in [2.75, 3.05) is 26.3 Å². The number of hydrogen-bond donors (Lipinski definition) is 3. The van der Waals surface area contributed by atoms with Gasteiger partial charge in [0.1, 0.15) is 5.75 Å². The summed E-state index contributed by atoms with van der Waals surface area (Å²) in [4.78, 5) is 4.69. The van der Waals surface area contributed by atoms with E-state index < -0.39 is 0 Å². The summed E-state index contributed by atoms with van der Waals surface area (Å²) >= 11 is 0. The molecule has 0 aliphatic rings. The maximum Gasteiger partial charge on any atom is 0.191 e. The summed E-state index contributed by atoms with van der Waals surface area (Å²) < 4.78 is 5.69. The summed E-state index contributed by atoms with van der Waals surface area (Å²) in [7, 11) is 0. The molecule has 0 bridgehead atoms. The number of hydrogen-bond acceptors (Lipinski definition) is 3. The summed E-state index contributed by atoms with van der Waals surface area (Å²) in [5.74, 6) is 2.80. The number of aliphatic hydroxyl groups excluding tert-OH is 1. The van der Waals surface area contributed by atoms with Gasteiger partial charge in [0.2, 0.25) is 0 Å². The van der Waals surface area contributed by atoms with Crippen molar-refractivity contribution in [3.8, 4) is 5.75 Å². The molecule has 0 radical (unpaired) electrons. The largest absolute Gasteiger partial charge is 0.494 e. The second-order valence-corrected chi connectivity index (χ2v) is 7.08. The molecule has 0 spiro atoms. The van der Waals surface area contributed by atoms with Crippen LogP contribution in [0.2, 0.25) is 0 Å². The van der Waals surface area contributed by atoms with Crippen molar-refractivity contribution in [3.05, 3.63) is 29.8 Å². The lowest BCUT2D eigenvalue weighted by molar-refractivity contribution is 0.243. The van der Waals surface area contributed by atoms with Gasteiger partial charge in [0.05, 0.1) is 13.2 Å². The highest BCUT2D eigenvalue weighted by Crippen LogP contribution is 2.15. The highest BCUT2D eigenvalue weighted by Gasteiger charge is 2.11. The van der Waals surface area contributed by atoms with Crippen molar-refractivity contribution in [2.24, 2.45) is 16.8 Å². The van der Waals surface area contributed by atoms with E-state index in [0.29, 0.717) is 18.4 Å². The zero-order valence-electron chi connectivity index (χ0n) is 17.3. The Morgan fingerprint density at radius 2 is 2.00 bits per heavy atom. The minimum atomic E-state index is 0. The summed E-state index contributed by atoms with van der Waals surface area (Å²) in [5, 5.41) is 16.0. The molecule has 1 aromatic rings. The fourth-order valence-electron chi connectivity index (χ4n) is 2.86. The van der Waals surface area contributed by atoms with E-state index in [1.807, 2.05) is 12.1 Å². The number of rotatable bonds is 12. The quantitative estimate of drug-likeness (QED) is 0.233. The van der Waals surface area contributed by atoms with Crippen molar-refractivity contribution in [2.45, 2.75) is 53.5 Å². The predicted octanol–water partition coefficient (Wildman–Crippen LogP) is 4.19. The molecule has 6 heteroatoms. The third-order valence-corrected chi connectivity index (χ3v) is 4.04. The first-order valence-electron chi connectivity index (χ1n) is 9.93. The van der Waals surface area contributed by atoms with E-state index in [1.165, 1.54) is 0 Å². The number of benzene rings is 1. The third kappa shape index (κ3) is 12.1. The first kappa shape index (κ1) is 26.0. The Labute approximate surface area is 182 Å². The topological polar surface area (TPSA) is 65.9 Å². The predicted molar refractivity (Wildman–Crippen MR) is 125 cm³/mol. The Morgan fingerprint density at radius 1 is 1.22 bits per heavy atom. The van der Waals surface area contributed by atoms with Gasteiger partial charge in [-0.2, -0.15) is 0 Å². The van der Waals surface area contributed by atoms with Gasteiger partial charge in [0.15, 0.2) is 5.96 Å². The lowest BCUT2D eigenvalue weighted by atomic mass is 9.94. The van der Waals surface area contributed by atoms with E-state index in [4.69, 9.17) is 9.73 Å². The Kier molecular flexibility index (Phi) is 15.4. The first-order valence-corrected chi connectivity index (χ1v) is 9.93. The lowest BCUT2D eigenvalue weighted by Crippen LogP contribution is -2.40. The molecule has 0 aliphatic carbocycles. The van der Waals surface area contributed by atoms with Crippen LogP contribution in [0.3, 0.4) is 0 Å². The maximum atomic E-state index is 9.27. The fraction of sp³-hybridized carbons (Fsp3) is 0.667. The first-order chi connectivity index (χ1) is 12.6. The molecule has 27 heavy (non-hydrogen) atoms. The Hall–Kier alpha value is -1.02. The summed E-state index contributed by atoms with van der Waals surface area (Å²) in [6, 6.07) is 8.11. The number of aliphatic imine (C=N–C) groups is 1. The van der Waals surface area contributed by atoms with Gasteiger partial charge in [0, 0.05) is 19.7 Å². The molecule has 1 aromatic carbocycles. The summed E-state index contributed by atoms with van der Waals surface area (Å²) in [6.45, 7) is 11.8. The zero-order chi connectivity index (χ0) is 19.2. The van der Waals surface area contributed by atoms with Crippen LogP contribution in [0.1, 0.15) is 52.5 Å². The molecule has 1 atom stereocenters. The average Bonchev–Trinajstić information content (AvgIpc) is 2.62. The molecular weight excluding hydrogens is 453 g/mol. The molecule has 0 aliphatic heterocycles. The highest BCUT2D eigenvalue weighted by atomic mass is 127. The molecule has 0 amide bonds. The molecule has 1 unspecified atom stereocenters. The number of halogens is 1. The minimum Gasteiger partial charge on any atom is -0.494 e. The van der Waals surface area contributed by atoms with Crippen molar-refractivity contribution >= 4 is 29.9 Å². The van der Waals surface area contributed by atoms with Gasteiger partial charge in [-0.25, -0.2) is 4.99 Å². The van der Waals surface area contributed by atoms with Gasteiger partial charge in [-0.3, -0.25) is 0 Å². The number of guanidine groups is 1. The van der Waals surface area contributed by atoms with Crippen LogP contribution in [-0.2, 0) is 6.54 Å². The van der Waals surface area contributed by atoms with Crippen molar-refractivity contribution in [1.82, 2.24) is 10.6 Å². The van der Waals surface area contributed by atoms with E-state index in [9.17, 15) is 5.11 Å². The molecule has 0 aromatic heterocycles. The third-order valence-electron chi connectivity index (χ3n) is 4.04. The van der Waals surface area contributed by atoms with E-state index in [1.54, 1.807) is 0 Å². The van der Waals surface area contributed by atoms with E-state index in [0.717, 1.165) is 56.2 Å². The van der Waals surface area contributed by atoms with E-state index in [2.05, 4.69) is 50.5 Å². The van der Waals surface area contributed by atoms with Crippen LogP contribution in [0.5, 0.6) is 5.75 Å². The number of nitrogens with zero attached hydrogens (tertiary/aromatic N) is 1. The van der Waals surface area contributed by atoms with Gasteiger partial charge in [-0.1, -0.05) is 32.9 Å². The van der Waals surface area contributed by atoms with E-state index >= 15 is 0 Å². The molecule has 5 nitrogen and oxygen atoms in total. The Balaban J connectivity index is 0.00000676. The average molecular weight is 491 g/mol. The van der Waals surface area contributed by atoms with Gasteiger partial charge < -0.3 is 20.5 Å². The fourth-order valence-corrected chi connectivity index (χ4v) is 2.86. The SMILES string of the molecule is CCCOc1cccc(CN=C(NCC)NCC(CCO)CC(C)C)c1.I. The van der Waals surface area contributed by atoms with Crippen molar-refractivity contribution in [3.63, 3.8) is 0 Å². The lowest BCUT2D eigenvalue weighted by Gasteiger charge is -2.20. The second-order valence-electron chi connectivity index (χ2n) is 7.08. The molecule has 3 N–H and O–H groups in total. The van der Waals surface area contributed by atoms with Crippen LogP contribution < -0.4 is 15.4 Å². The number of ether oxygens (including phenoxy) is 1. The standard InChI is InChI=1S/C21H37N3O2.HI/c1-5-12-26-20-9-7-8-18(14-20)15-23-21(22-6-2)24-16-19(10-11-25)13-17(3)4;/h7-9,14,17,19,25H,5-6,10-13,15-16H2,1-4H3,(H2,22,23,24);1H. The highest BCUT2D eigenvalue weighted by molar-refractivity contribution is 14.0. The van der Waals surface area contributed by atoms with Crippen LogP contribution >= 0.6 is 24.0 Å². The van der Waals surface area contributed by atoms with Crippen LogP contribution in [-0.4, -0.2) is 37.4 Å². The smallest absolute Gasteiger partial charge is 0.191 e. The van der Waals surface area contributed by atoms with Crippen LogP contribution in [0.15, 0.2) is 29.3 Å². The minimum absolute atomic E-state index is 0. The van der Waals surface area contributed by atoms with Gasteiger partial charge in [0.25, 0.3) is 0 Å². The molecule has 0 saturated heterocycles. The second kappa shape index (κ2) is 16.0. The van der Waals surface area contributed by atoms with Gasteiger partial charge >= 0.3 is 0 Å². The van der Waals surface area contributed by atoms with Gasteiger partial charge in [-0.15, -0.1) is 24.0 Å². The Morgan fingerprint density at radius 3 is 2.63 bits per heavy atom. The monoisotopic (exact) mass is 491 g/mol. The number of nitrogens with one attached hydrogen (secondary N) is 2. The van der Waals surface area contributed by atoms with Gasteiger partial charge in [-0.05, 0) is 55.7 Å². The summed E-state index contributed by atoms with van der Waals surface area (Å²) in [6.07, 6.45) is 2.92. The van der Waals surface area contributed by atoms with Crippen molar-refractivity contribution < 1.29 is 9.84 Å². The molecule has 0 fully saturated rings. The molecule has 156 valence electrons. The van der Waals surface area contributed by atoms with E-state index in [-0.39, 0.29) is 30.6 Å². The zero-order valence-corrected chi connectivity index (χ0v) is 19.7. The maximum absolute atomic E-state index is 9.27. The molecule has 0 saturated carbocycles.